The molecule has 2 aromatic rings. The Hall–Kier alpha value is -4.02. The van der Waals surface area contributed by atoms with E-state index in [0.29, 0.717) is 30.8 Å². The molecule has 1 aromatic carbocycles. The van der Waals surface area contributed by atoms with Crippen molar-refractivity contribution in [3.8, 4) is 5.75 Å². The van der Waals surface area contributed by atoms with Crippen molar-refractivity contribution < 1.29 is 41.8 Å². The van der Waals surface area contributed by atoms with Crippen LogP contribution in [0.5, 0.6) is 5.75 Å². The highest BCUT2D eigenvalue weighted by molar-refractivity contribution is 7.92. The van der Waals surface area contributed by atoms with Crippen molar-refractivity contribution in [3.05, 3.63) is 52.2 Å². The average Bonchev–Trinajstić information content (AvgIpc) is 3.65. The van der Waals surface area contributed by atoms with Crippen LogP contribution >= 0.6 is 11.3 Å². The van der Waals surface area contributed by atoms with E-state index in [0.717, 1.165) is 16.2 Å². The van der Waals surface area contributed by atoms with Gasteiger partial charge >= 0.3 is 5.97 Å². The van der Waals surface area contributed by atoms with E-state index in [4.69, 9.17) is 24.8 Å². The van der Waals surface area contributed by atoms with Gasteiger partial charge in [0, 0.05) is 17.6 Å². The molecule has 0 aliphatic carbocycles. The third-order valence-electron chi connectivity index (χ3n) is 6.80. The third-order valence-corrected chi connectivity index (χ3v) is 9.41. The zero-order valence-electron chi connectivity index (χ0n) is 22.1. The second-order valence-electron chi connectivity index (χ2n) is 9.35. The second kappa shape index (κ2) is 11.5. The SMILES string of the molecule is CO/N=C(\C(=O)N[C@@H]1C(=O)N2C(C(=O)OCc3ccc(OC)cc3)=C([C@@H]3CCCO3)CS(=O)(=O)[C@H]12)c1csc(N)n1. The van der Waals surface area contributed by atoms with E-state index in [2.05, 4.69) is 15.5 Å². The van der Waals surface area contributed by atoms with Gasteiger partial charge in [0.25, 0.3) is 11.8 Å². The van der Waals surface area contributed by atoms with Gasteiger partial charge in [0.15, 0.2) is 26.1 Å². The molecule has 0 spiro atoms. The molecule has 14 nitrogen and oxygen atoms in total. The van der Waals surface area contributed by atoms with Crippen molar-refractivity contribution in [2.45, 2.75) is 37.0 Å². The van der Waals surface area contributed by atoms with Gasteiger partial charge in [-0.1, -0.05) is 17.3 Å². The lowest BCUT2D eigenvalue weighted by atomic mass is 9.99. The maximum atomic E-state index is 13.4. The fourth-order valence-electron chi connectivity index (χ4n) is 4.90. The second-order valence-corrected chi connectivity index (χ2v) is 12.3. The molecule has 0 bridgehead atoms. The molecule has 2 amide bonds. The Morgan fingerprint density at radius 1 is 1.27 bits per heavy atom. The molecule has 16 heteroatoms. The van der Waals surface area contributed by atoms with Gasteiger partial charge < -0.3 is 30.1 Å². The summed E-state index contributed by atoms with van der Waals surface area (Å²) < 4.78 is 43.2. The van der Waals surface area contributed by atoms with Crippen LogP contribution < -0.4 is 15.8 Å². The van der Waals surface area contributed by atoms with Crippen molar-refractivity contribution >= 4 is 49.8 Å². The summed E-state index contributed by atoms with van der Waals surface area (Å²) in [7, 11) is -1.31. The Bertz CT molecular complexity index is 1530. The van der Waals surface area contributed by atoms with E-state index in [1.807, 2.05) is 0 Å². The normalized spacial score (nSPS) is 23.5. The number of nitrogens with two attached hydrogens (primary N) is 1. The molecule has 3 aliphatic rings. The number of nitrogens with one attached hydrogen (secondary N) is 1. The van der Waals surface area contributed by atoms with Crippen LogP contribution in [-0.2, 0) is 45.1 Å². The fourth-order valence-corrected chi connectivity index (χ4v) is 7.50. The highest BCUT2D eigenvalue weighted by Crippen LogP contribution is 2.40. The van der Waals surface area contributed by atoms with Gasteiger partial charge in [0.05, 0.1) is 19.0 Å². The lowest BCUT2D eigenvalue weighted by Gasteiger charge is -2.49. The molecular weight excluding hydrogens is 578 g/mol. The van der Waals surface area contributed by atoms with Crippen LogP contribution in [0.4, 0.5) is 5.13 Å². The van der Waals surface area contributed by atoms with Gasteiger partial charge in [-0.05, 0) is 30.5 Å². The van der Waals surface area contributed by atoms with Crippen molar-refractivity contribution in [2.24, 2.45) is 5.16 Å². The maximum absolute atomic E-state index is 13.4. The van der Waals surface area contributed by atoms with Gasteiger partial charge in [-0.3, -0.25) is 14.5 Å². The molecule has 3 atom stereocenters. The number of carbonyl (C=O) groups is 3. The van der Waals surface area contributed by atoms with Gasteiger partial charge in [0.2, 0.25) is 0 Å². The van der Waals surface area contributed by atoms with E-state index in [1.54, 1.807) is 24.3 Å². The Balaban J connectivity index is 1.41. The number of hydrogen-bond donors (Lipinski definition) is 2. The van der Waals surface area contributed by atoms with Crippen LogP contribution in [-0.4, -0.2) is 85.9 Å². The predicted molar refractivity (Wildman–Crippen MR) is 145 cm³/mol. The van der Waals surface area contributed by atoms with Crippen LogP contribution in [0.15, 0.2) is 46.1 Å². The summed E-state index contributed by atoms with van der Waals surface area (Å²) in [5, 5.41) is 6.18. The van der Waals surface area contributed by atoms with Crippen LogP contribution in [0.2, 0.25) is 0 Å². The Morgan fingerprint density at radius 2 is 2.02 bits per heavy atom. The number of amides is 2. The molecule has 2 fully saturated rings. The van der Waals surface area contributed by atoms with E-state index < -0.39 is 50.9 Å². The topological polar surface area (TPSA) is 189 Å². The first-order valence-corrected chi connectivity index (χ1v) is 15.1. The van der Waals surface area contributed by atoms with Gasteiger partial charge in [0.1, 0.15) is 36.9 Å². The molecule has 1 aromatic heterocycles. The molecule has 3 N–H and O–H groups in total. The lowest BCUT2D eigenvalue weighted by molar-refractivity contribution is -0.153. The minimum Gasteiger partial charge on any atom is -0.497 e. The molecule has 3 aliphatic heterocycles. The number of ether oxygens (including phenoxy) is 3. The first kappa shape index (κ1) is 28.5. The number of rotatable bonds is 9. The number of nitrogen functional groups attached to an aromatic ring is 1. The van der Waals surface area contributed by atoms with E-state index in [9.17, 15) is 22.8 Å². The number of nitrogens with zero attached hydrogens (tertiary/aromatic N) is 3. The maximum Gasteiger partial charge on any atom is 0.355 e. The number of β-lactam (4-membered cyclic amide) rings is 1. The summed E-state index contributed by atoms with van der Waals surface area (Å²) in [5.41, 5.74) is 6.09. The minimum absolute atomic E-state index is 0.0883. The third kappa shape index (κ3) is 5.49. The molecule has 5 rings (SSSR count). The molecule has 0 unspecified atom stereocenters. The Kier molecular flexibility index (Phi) is 7.97. The highest BCUT2D eigenvalue weighted by atomic mass is 32.2. The standard InChI is InChI=1S/C25H27N5O9S2/c1-36-14-7-5-13(6-8-14)10-39-24(33)20-15(17-4-3-9-38-17)12-41(34,35)23-19(22(32)30(20)23)28-21(31)18(29-37-2)16-11-40-25(26)27-16/h5-8,11,17,19,23H,3-4,9-10,12H2,1-2H3,(H2,26,27)(H,28,31)/b29-18-/t17-,19+,23+/m0/s1. The fraction of sp³-hybridized carbons (Fsp3) is 0.400. The van der Waals surface area contributed by atoms with Crippen LogP contribution in [0.25, 0.3) is 0 Å². The minimum atomic E-state index is -4.05. The summed E-state index contributed by atoms with van der Waals surface area (Å²) in [4.78, 5) is 49.5. The first-order valence-electron chi connectivity index (χ1n) is 12.5. The number of anilines is 1. The molecule has 218 valence electrons. The average molecular weight is 606 g/mol. The zero-order valence-corrected chi connectivity index (χ0v) is 23.7. The summed E-state index contributed by atoms with van der Waals surface area (Å²) >= 11 is 1.06. The molecule has 4 heterocycles. The quantitative estimate of drug-likeness (QED) is 0.174. The number of methoxy groups -OCH3 is 1. The number of fused-ring (bicyclic) bond motifs is 1. The number of benzene rings is 1. The highest BCUT2D eigenvalue weighted by Gasteiger charge is 2.61. The van der Waals surface area contributed by atoms with Crippen molar-refractivity contribution in [2.75, 3.05) is 32.3 Å². The van der Waals surface area contributed by atoms with Crippen molar-refractivity contribution in [3.63, 3.8) is 0 Å². The van der Waals surface area contributed by atoms with Crippen molar-refractivity contribution in [1.29, 1.82) is 0 Å². The summed E-state index contributed by atoms with van der Waals surface area (Å²) in [6.45, 7) is 0.263. The lowest BCUT2D eigenvalue weighted by Crippen LogP contribution is -2.75. The molecule has 2 saturated heterocycles. The molecular formula is C25H27N5O9S2. The van der Waals surface area contributed by atoms with E-state index >= 15 is 0 Å². The molecule has 0 radical (unpaired) electrons. The van der Waals surface area contributed by atoms with Crippen LogP contribution in [0.3, 0.4) is 0 Å². The van der Waals surface area contributed by atoms with Crippen molar-refractivity contribution in [1.82, 2.24) is 15.2 Å². The summed E-state index contributed by atoms with van der Waals surface area (Å²) in [6, 6.07) is 5.35. The Labute approximate surface area is 239 Å². The number of oxime groups is 1. The summed E-state index contributed by atoms with van der Waals surface area (Å²) in [5.74, 6) is -2.48. The number of esters is 1. The van der Waals surface area contributed by atoms with Crippen LogP contribution in [0.1, 0.15) is 24.1 Å². The number of aromatic nitrogens is 1. The van der Waals surface area contributed by atoms with Gasteiger partial charge in [-0.15, -0.1) is 11.3 Å². The first-order chi connectivity index (χ1) is 19.6. The van der Waals surface area contributed by atoms with E-state index in [-0.39, 0.29) is 34.4 Å². The van der Waals surface area contributed by atoms with Gasteiger partial charge in [-0.2, -0.15) is 0 Å². The molecule has 41 heavy (non-hydrogen) atoms. The smallest absolute Gasteiger partial charge is 0.355 e. The predicted octanol–water partition coefficient (Wildman–Crippen LogP) is 0.342. The number of carbonyl (C=O) groups excluding carboxylic acids is 3. The number of thiazole rings is 1. The number of sulfone groups is 1. The molecule has 0 saturated carbocycles. The number of hydrogen-bond acceptors (Lipinski definition) is 13. The monoisotopic (exact) mass is 605 g/mol. The van der Waals surface area contributed by atoms with Crippen LogP contribution in [0, 0.1) is 0 Å². The van der Waals surface area contributed by atoms with E-state index in [1.165, 1.54) is 19.6 Å². The zero-order chi connectivity index (χ0) is 29.3. The summed E-state index contributed by atoms with van der Waals surface area (Å²) in [6.07, 6.45) is 0.494. The largest absolute Gasteiger partial charge is 0.497 e. The Morgan fingerprint density at radius 3 is 2.63 bits per heavy atom. The van der Waals surface area contributed by atoms with Gasteiger partial charge in [-0.25, -0.2) is 18.2 Å².